The lowest BCUT2D eigenvalue weighted by molar-refractivity contribution is -0.133. The molecule has 0 fully saturated rings. The SMILES string of the molecule is C=CCN(CC(=O)N(Cc1ccc2c(c1)OCO2)Cc1ccc(C)o1)C(=O)c1cccc(F)c1. The van der Waals surface area contributed by atoms with Crippen LogP contribution in [0.4, 0.5) is 4.39 Å². The van der Waals surface area contributed by atoms with E-state index in [1.54, 1.807) is 11.0 Å². The Morgan fingerprint density at radius 1 is 1.03 bits per heavy atom. The van der Waals surface area contributed by atoms with Gasteiger partial charge in [-0.15, -0.1) is 6.58 Å². The molecule has 0 saturated heterocycles. The first kappa shape index (κ1) is 23.1. The number of nitrogens with zero attached hydrogens (tertiary/aromatic N) is 2. The Balaban J connectivity index is 1.55. The van der Waals surface area contributed by atoms with E-state index in [2.05, 4.69) is 6.58 Å². The quantitative estimate of drug-likeness (QED) is 0.441. The van der Waals surface area contributed by atoms with Gasteiger partial charge in [-0.2, -0.15) is 0 Å². The lowest BCUT2D eigenvalue weighted by Crippen LogP contribution is -2.42. The van der Waals surface area contributed by atoms with Crippen molar-refractivity contribution in [3.8, 4) is 11.5 Å². The molecular weight excluding hydrogens is 439 g/mol. The fourth-order valence-corrected chi connectivity index (χ4v) is 3.69. The normalized spacial score (nSPS) is 11.8. The molecule has 176 valence electrons. The van der Waals surface area contributed by atoms with Gasteiger partial charge in [0.2, 0.25) is 12.7 Å². The standard InChI is InChI=1S/C26H25FN2O5/c1-3-11-28(26(31)20-5-4-6-21(27)13-20)16-25(30)29(15-22-9-7-18(2)34-22)14-19-8-10-23-24(12-19)33-17-32-23/h3-10,12-13H,1,11,14-17H2,2H3. The fourth-order valence-electron chi connectivity index (χ4n) is 3.69. The first-order chi connectivity index (χ1) is 16.4. The monoisotopic (exact) mass is 464 g/mol. The highest BCUT2D eigenvalue weighted by Gasteiger charge is 2.24. The van der Waals surface area contributed by atoms with Crippen molar-refractivity contribution < 1.29 is 27.9 Å². The molecule has 0 N–H and O–H groups in total. The van der Waals surface area contributed by atoms with Crippen molar-refractivity contribution in [3.63, 3.8) is 0 Å². The molecule has 0 atom stereocenters. The van der Waals surface area contributed by atoms with Crippen molar-refractivity contribution in [1.82, 2.24) is 9.80 Å². The van der Waals surface area contributed by atoms with Gasteiger partial charge >= 0.3 is 0 Å². The third kappa shape index (κ3) is 5.46. The summed E-state index contributed by atoms with van der Waals surface area (Å²) in [4.78, 5) is 29.3. The zero-order valence-electron chi connectivity index (χ0n) is 18.8. The molecule has 1 aromatic heterocycles. The predicted octanol–water partition coefficient (Wildman–Crippen LogP) is 4.31. The van der Waals surface area contributed by atoms with Gasteiger partial charge in [-0.25, -0.2) is 4.39 Å². The van der Waals surface area contributed by atoms with Crippen LogP contribution in [0.15, 0.2) is 71.7 Å². The van der Waals surface area contributed by atoms with E-state index in [4.69, 9.17) is 13.9 Å². The Hall–Kier alpha value is -4.07. The van der Waals surface area contributed by atoms with Gasteiger partial charge in [-0.1, -0.05) is 18.2 Å². The van der Waals surface area contributed by atoms with Crippen molar-refractivity contribution in [2.24, 2.45) is 0 Å². The Bertz CT molecular complexity index is 1210. The van der Waals surface area contributed by atoms with Gasteiger partial charge in [-0.05, 0) is 55.0 Å². The van der Waals surface area contributed by atoms with Crippen molar-refractivity contribution in [3.05, 3.63) is 95.7 Å². The van der Waals surface area contributed by atoms with Gasteiger partial charge in [-0.3, -0.25) is 9.59 Å². The molecule has 2 amide bonds. The van der Waals surface area contributed by atoms with Crippen LogP contribution in [0.2, 0.25) is 0 Å². The molecule has 0 bridgehead atoms. The average molecular weight is 464 g/mol. The van der Waals surface area contributed by atoms with Gasteiger partial charge < -0.3 is 23.7 Å². The molecule has 7 nitrogen and oxygen atoms in total. The third-order valence-corrected chi connectivity index (χ3v) is 5.34. The molecule has 1 aliphatic rings. The minimum Gasteiger partial charge on any atom is -0.464 e. The fraction of sp³-hybridized carbons (Fsp3) is 0.231. The van der Waals surface area contributed by atoms with Gasteiger partial charge in [0.05, 0.1) is 6.54 Å². The molecule has 0 unspecified atom stereocenters. The summed E-state index contributed by atoms with van der Waals surface area (Å²) in [6.07, 6.45) is 1.53. The second kappa shape index (κ2) is 10.2. The van der Waals surface area contributed by atoms with Gasteiger partial charge in [0.25, 0.3) is 5.91 Å². The van der Waals surface area contributed by atoms with Crippen molar-refractivity contribution in [2.45, 2.75) is 20.0 Å². The molecular formula is C26H25FN2O5. The van der Waals surface area contributed by atoms with E-state index in [0.29, 0.717) is 17.3 Å². The zero-order chi connectivity index (χ0) is 24.1. The van der Waals surface area contributed by atoms with Crippen LogP contribution in [0, 0.1) is 12.7 Å². The van der Waals surface area contributed by atoms with Crippen LogP contribution < -0.4 is 9.47 Å². The Morgan fingerprint density at radius 3 is 2.59 bits per heavy atom. The molecule has 2 heterocycles. The lowest BCUT2D eigenvalue weighted by atomic mass is 10.1. The number of ether oxygens (including phenoxy) is 2. The summed E-state index contributed by atoms with van der Waals surface area (Å²) >= 11 is 0. The van der Waals surface area contributed by atoms with E-state index in [1.807, 2.05) is 31.2 Å². The summed E-state index contributed by atoms with van der Waals surface area (Å²) in [5.74, 6) is 1.36. The number of carbonyl (C=O) groups is 2. The van der Waals surface area contributed by atoms with Crippen molar-refractivity contribution in [1.29, 1.82) is 0 Å². The Morgan fingerprint density at radius 2 is 1.85 bits per heavy atom. The van der Waals surface area contributed by atoms with Crippen molar-refractivity contribution >= 4 is 11.8 Å². The van der Waals surface area contributed by atoms with E-state index in [0.717, 1.165) is 17.4 Å². The van der Waals surface area contributed by atoms with Crippen LogP contribution in [0.5, 0.6) is 11.5 Å². The number of furan rings is 1. The smallest absolute Gasteiger partial charge is 0.254 e. The largest absolute Gasteiger partial charge is 0.464 e. The van der Waals surface area contributed by atoms with E-state index < -0.39 is 11.7 Å². The number of benzene rings is 2. The Kier molecular flexibility index (Phi) is 6.96. The molecule has 0 spiro atoms. The molecule has 4 rings (SSSR count). The zero-order valence-corrected chi connectivity index (χ0v) is 18.8. The number of aryl methyl sites for hydroxylation is 1. The molecule has 34 heavy (non-hydrogen) atoms. The van der Waals surface area contributed by atoms with Gasteiger partial charge in [0, 0.05) is 18.7 Å². The van der Waals surface area contributed by atoms with E-state index >= 15 is 0 Å². The van der Waals surface area contributed by atoms with Gasteiger partial charge in [0.1, 0.15) is 23.9 Å². The maximum Gasteiger partial charge on any atom is 0.254 e. The predicted molar refractivity (Wildman–Crippen MR) is 123 cm³/mol. The van der Waals surface area contributed by atoms with Crippen LogP contribution in [-0.4, -0.2) is 41.5 Å². The second-order valence-corrected chi connectivity index (χ2v) is 7.93. The number of fused-ring (bicyclic) bond motifs is 1. The first-order valence-electron chi connectivity index (χ1n) is 10.8. The van der Waals surface area contributed by atoms with Gasteiger partial charge in [0.15, 0.2) is 11.5 Å². The summed E-state index contributed by atoms with van der Waals surface area (Å²) in [5.41, 5.74) is 1.01. The second-order valence-electron chi connectivity index (χ2n) is 7.93. The number of rotatable bonds is 9. The molecule has 0 radical (unpaired) electrons. The molecule has 3 aromatic rings. The topological polar surface area (TPSA) is 72.2 Å². The maximum absolute atomic E-state index is 13.7. The molecule has 1 aliphatic heterocycles. The van der Waals surface area contributed by atoms with Crippen LogP contribution >= 0.6 is 0 Å². The molecule has 2 aromatic carbocycles. The van der Waals surface area contributed by atoms with E-state index in [9.17, 15) is 14.0 Å². The lowest BCUT2D eigenvalue weighted by Gasteiger charge is -2.27. The highest BCUT2D eigenvalue weighted by Crippen LogP contribution is 2.33. The summed E-state index contributed by atoms with van der Waals surface area (Å²) < 4.78 is 30.1. The van der Waals surface area contributed by atoms with Crippen LogP contribution in [0.1, 0.15) is 27.4 Å². The van der Waals surface area contributed by atoms with Crippen molar-refractivity contribution in [2.75, 3.05) is 19.9 Å². The maximum atomic E-state index is 13.7. The highest BCUT2D eigenvalue weighted by atomic mass is 19.1. The number of amides is 2. The summed E-state index contributed by atoms with van der Waals surface area (Å²) in [6, 6.07) is 14.5. The number of hydrogen-bond acceptors (Lipinski definition) is 5. The number of halogens is 1. The summed E-state index contributed by atoms with van der Waals surface area (Å²) in [7, 11) is 0. The van der Waals surface area contributed by atoms with Crippen LogP contribution in [0.25, 0.3) is 0 Å². The summed E-state index contributed by atoms with van der Waals surface area (Å²) in [6.45, 7) is 6.10. The minimum absolute atomic E-state index is 0.138. The Labute approximate surface area is 197 Å². The molecule has 0 aliphatic carbocycles. The number of hydrogen-bond donors (Lipinski definition) is 0. The van der Waals surface area contributed by atoms with E-state index in [1.165, 1.54) is 29.2 Å². The minimum atomic E-state index is -0.520. The average Bonchev–Trinajstić information content (AvgIpc) is 3.46. The van der Waals surface area contributed by atoms with Crippen LogP contribution in [-0.2, 0) is 17.9 Å². The first-order valence-corrected chi connectivity index (χ1v) is 10.8. The number of carbonyl (C=O) groups excluding carboxylic acids is 2. The third-order valence-electron chi connectivity index (χ3n) is 5.34. The molecule has 0 saturated carbocycles. The van der Waals surface area contributed by atoms with Crippen LogP contribution in [0.3, 0.4) is 0 Å². The van der Waals surface area contributed by atoms with E-state index in [-0.39, 0.29) is 44.4 Å². The highest BCUT2D eigenvalue weighted by molar-refractivity contribution is 5.96. The molecule has 8 heteroatoms. The summed E-state index contributed by atoms with van der Waals surface area (Å²) in [5, 5.41) is 0.